The van der Waals surface area contributed by atoms with Crippen molar-refractivity contribution in [2.75, 3.05) is 11.1 Å². The number of hydrogen-bond acceptors (Lipinski definition) is 10. The van der Waals surface area contributed by atoms with Crippen LogP contribution >= 0.6 is 11.3 Å². The number of nitriles is 2. The number of hydrogen-bond donors (Lipinski definition) is 3. The number of anilines is 2. The van der Waals surface area contributed by atoms with Gasteiger partial charge in [0, 0.05) is 12.6 Å². The summed E-state index contributed by atoms with van der Waals surface area (Å²) in [5.41, 5.74) is 10.5. The van der Waals surface area contributed by atoms with Gasteiger partial charge in [-0.2, -0.15) is 10.5 Å². The quantitative estimate of drug-likeness (QED) is 0.158. The zero-order valence-corrected chi connectivity index (χ0v) is 23.1. The number of benzene rings is 3. The van der Waals surface area contributed by atoms with Crippen molar-refractivity contribution in [3.8, 4) is 12.1 Å². The van der Waals surface area contributed by atoms with Gasteiger partial charge in [0.25, 0.3) is 0 Å². The lowest BCUT2D eigenvalue weighted by Gasteiger charge is -2.06. The Balaban J connectivity index is 0.000000389. The van der Waals surface area contributed by atoms with E-state index in [1.54, 1.807) is 60.7 Å². The van der Waals surface area contributed by atoms with Crippen LogP contribution in [0.5, 0.6) is 0 Å². The van der Waals surface area contributed by atoms with E-state index in [-0.39, 0.29) is 11.5 Å². The molecule has 0 saturated heterocycles. The Morgan fingerprint density at radius 1 is 0.829 bits per heavy atom. The van der Waals surface area contributed by atoms with Gasteiger partial charge in [0.15, 0.2) is 5.00 Å². The van der Waals surface area contributed by atoms with Gasteiger partial charge in [-0.05, 0) is 67.9 Å². The van der Waals surface area contributed by atoms with Crippen molar-refractivity contribution in [2.24, 2.45) is 20.5 Å². The number of carbonyl (C=O) groups is 2. The number of nitrogen functional groups attached to an aromatic ring is 1. The number of nitrogens with one attached hydrogen (secondary N) is 1. The largest absolute Gasteiger partial charge is 0.478 e. The summed E-state index contributed by atoms with van der Waals surface area (Å²) in [5, 5.41) is 47.1. The first kappa shape index (κ1) is 29.8. The molecule has 12 heteroatoms. The minimum Gasteiger partial charge on any atom is -0.478 e. The minimum atomic E-state index is -0.875. The summed E-state index contributed by atoms with van der Waals surface area (Å²) in [5.74, 6) is -1.15. The van der Waals surface area contributed by atoms with Gasteiger partial charge in [-0.3, -0.25) is 4.79 Å². The average Bonchev–Trinajstić information content (AvgIpc) is 3.34. The third kappa shape index (κ3) is 8.64. The molecule has 41 heavy (non-hydrogen) atoms. The predicted molar refractivity (Wildman–Crippen MR) is 157 cm³/mol. The Hall–Kier alpha value is -5.72. The number of nitrogens with zero attached hydrogens (tertiary/aromatic N) is 6. The van der Waals surface area contributed by atoms with Crippen LogP contribution in [0.15, 0.2) is 87.2 Å². The van der Waals surface area contributed by atoms with Crippen molar-refractivity contribution < 1.29 is 14.7 Å². The van der Waals surface area contributed by atoms with Crippen molar-refractivity contribution in [3.63, 3.8) is 0 Å². The van der Waals surface area contributed by atoms with Gasteiger partial charge in [-0.15, -0.1) is 20.5 Å². The van der Waals surface area contributed by atoms with Crippen LogP contribution < -0.4 is 11.1 Å². The molecule has 11 nitrogen and oxygen atoms in total. The van der Waals surface area contributed by atoms with E-state index in [1.165, 1.54) is 6.92 Å². The van der Waals surface area contributed by atoms with Crippen LogP contribution in [0, 0.1) is 36.5 Å². The van der Waals surface area contributed by atoms with E-state index in [2.05, 4.69) is 31.8 Å². The molecular weight excluding hydrogens is 540 g/mol. The zero-order chi connectivity index (χ0) is 29.9. The number of azo groups is 2. The molecule has 0 spiro atoms. The second kappa shape index (κ2) is 13.9. The number of carbonyl (C=O) groups excluding carboxylic acids is 1. The summed E-state index contributed by atoms with van der Waals surface area (Å²) in [4.78, 5) is 21.7. The van der Waals surface area contributed by atoms with Gasteiger partial charge < -0.3 is 16.2 Å². The number of carboxylic acid groups (broad SMARTS) is 1. The first-order chi connectivity index (χ1) is 19.6. The molecule has 0 unspecified atom stereocenters. The van der Waals surface area contributed by atoms with E-state index < -0.39 is 5.97 Å². The summed E-state index contributed by atoms with van der Waals surface area (Å²) in [6, 6.07) is 22.5. The van der Waals surface area contributed by atoms with E-state index in [1.807, 2.05) is 26.0 Å². The normalized spacial score (nSPS) is 10.5. The zero-order valence-electron chi connectivity index (χ0n) is 22.3. The number of nitrogens with two attached hydrogens (primary N) is 1. The Morgan fingerprint density at radius 2 is 1.46 bits per heavy atom. The van der Waals surface area contributed by atoms with Gasteiger partial charge in [0.1, 0.15) is 28.5 Å². The topological polar surface area (TPSA) is 189 Å². The van der Waals surface area contributed by atoms with Gasteiger partial charge in [0.2, 0.25) is 5.91 Å². The average molecular weight is 565 g/mol. The predicted octanol–water partition coefficient (Wildman–Crippen LogP) is 7.86. The highest BCUT2D eigenvalue weighted by Gasteiger charge is 2.10. The monoisotopic (exact) mass is 564 g/mol. The van der Waals surface area contributed by atoms with Gasteiger partial charge in [-0.1, -0.05) is 35.1 Å². The van der Waals surface area contributed by atoms with E-state index in [9.17, 15) is 20.1 Å². The molecule has 4 rings (SSSR count). The van der Waals surface area contributed by atoms with Gasteiger partial charge in [-0.25, -0.2) is 4.79 Å². The van der Waals surface area contributed by atoms with Gasteiger partial charge >= 0.3 is 5.97 Å². The molecule has 4 N–H and O–H groups in total. The summed E-state index contributed by atoms with van der Waals surface area (Å²) in [6.07, 6.45) is 0. The number of amides is 1. The van der Waals surface area contributed by atoms with Crippen LogP contribution in [-0.2, 0) is 4.79 Å². The number of rotatable bonds is 6. The van der Waals surface area contributed by atoms with E-state index in [4.69, 9.17) is 10.8 Å². The minimum absolute atomic E-state index is 0.272. The van der Waals surface area contributed by atoms with E-state index >= 15 is 0 Å². The van der Waals surface area contributed by atoms with E-state index in [0.717, 1.165) is 22.5 Å². The third-order valence-electron chi connectivity index (χ3n) is 5.23. The molecular formula is C29H24N8O3S. The highest BCUT2D eigenvalue weighted by atomic mass is 32.1. The number of thiophene rings is 1. The maximum atomic E-state index is 11.4. The Labute approximate surface area is 239 Å². The van der Waals surface area contributed by atoms with Crippen LogP contribution in [0.2, 0.25) is 0 Å². The second-order valence-electron chi connectivity index (χ2n) is 8.58. The highest BCUT2D eigenvalue weighted by molar-refractivity contribution is 7.19. The Kier molecular flexibility index (Phi) is 10.1. The molecule has 0 radical (unpaired) electrons. The molecule has 0 bridgehead atoms. The molecule has 1 amide bonds. The van der Waals surface area contributed by atoms with Crippen molar-refractivity contribution in [1.29, 1.82) is 10.5 Å². The molecule has 0 atom stereocenters. The van der Waals surface area contributed by atoms with Crippen LogP contribution in [0.25, 0.3) is 0 Å². The lowest BCUT2D eigenvalue weighted by Crippen LogP contribution is -2.06. The van der Waals surface area contributed by atoms with Crippen LogP contribution in [0.3, 0.4) is 0 Å². The summed E-state index contributed by atoms with van der Waals surface area (Å²) >= 11 is 1.12. The molecule has 0 aliphatic rings. The molecule has 0 aliphatic carbocycles. The lowest BCUT2D eigenvalue weighted by molar-refractivity contribution is -0.114. The Bertz CT molecular complexity index is 1730. The first-order valence-electron chi connectivity index (χ1n) is 11.9. The molecule has 1 aromatic heterocycles. The standard InChI is InChI=1S/C21H16N8OS.C8H8O2/c1-12-3-5-17(14(7-12)10-22)26-28-20-8-15(11-23)21(31-20)29-27-18-6-4-16(24)9-19(18)25-13(2)30;1-6-2-4-7(5-3-6)8(9)10/h3-9H,24H2,1-2H3,(H,25,30);2-5H,1H3,(H,9,10). The summed E-state index contributed by atoms with van der Waals surface area (Å²) in [7, 11) is 0. The fraction of sp³-hybridized carbons (Fsp3) is 0.103. The highest BCUT2D eigenvalue weighted by Crippen LogP contribution is 2.39. The fourth-order valence-corrected chi connectivity index (χ4v) is 3.98. The Morgan fingerprint density at radius 3 is 2.10 bits per heavy atom. The first-order valence-corrected chi connectivity index (χ1v) is 12.8. The molecule has 4 aromatic rings. The van der Waals surface area contributed by atoms with Crippen molar-refractivity contribution in [3.05, 3.63) is 94.5 Å². The maximum absolute atomic E-state index is 11.4. The molecule has 1 heterocycles. The van der Waals surface area contributed by atoms with Crippen LogP contribution in [0.1, 0.15) is 39.5 Å². The second-order valence-corrected chi connectivity index (χ2v) is 9.59. The molecule has 204 valence electrons. The molecule has 3 aromatic carbocycles. The van der Waals surface area contributed by atoms with Crippen molar-refractivity contribution >= 4 is 56.0 Å². The van der Waals surface area contributed by atoms with Crippen molar-refractivity contribution in [1.82, 2.24) is 0 Å². The SMILES string of the molecule is CC(=O)Nc1cc(N)ccc1N=Nc1sc(N=Nc2ccc(C)cc2C#N)cc1C#N.Cc1ccc(C(=O)O)cc1. The number of aryl methyl sites for hydroxylation is 2. The fourth-order valence-electron chi connectivity index (χ4n) is 3.23. The number of aromatic carboxylic acids is 1. The molecule has 0 saturated carbocycles. The summed E-state index contributed by atoms with van der Waals surface area (Å²) in [6.45, 7) is 5.18. The smallest absolute Gasteiger partial charge is 0.335 e. The molecule has 0 fully saturated rings. The summed E-state index contributed by atoms with van der Waals surface area (Å²) < 4.78 is 0. The van der Waals surface area contributed by atoms with Gasteiger partial charge in [0.05, 0.1) is 22.4 Å². The van der Waals surface area contributed by atoms with Crippen molar-refractivity contribution in [2.45, 2.75) is 20.8 Å². The lowest BCUT2D eigenvalue weighted by atomic mass is 10.1. The maximum Gasteiger partial charge on any atom is 0.335 e. The van der Waals surface area contributed by atoms with E-state index in [0.29, 0.717) is 43.9 Å². The third-order valence-corrected chi connectivity index (χ3v) is 6.13. The van der Waals surface area contributed by atoms with Crippen LogP contribution in [0.4, 0.5) is 32.8 Å². The van der Waals surface area contributed by atoms with Crippen LogP contribution in [-0.4, -0.2) is 17.0 Å². The number of carboxylic acids is 1. The molecule has 0 aliphatic heterocycles.